The van der Waals surface area contributed by atoms with Crippen LogP contribution in [0.4, 0.5) is 11.5 Å². The Balaban J connectivity index is 1.81. The van der Waals surface area contributed by atoms with Gasteiger partial charge in [0.25, 0.3) is 0 Å². The summed E-state index contributed by atoms with van der Waals surface area (Å²) in [6.45, 7) is 6.49. The van der Waals surface area contributed by atoms with Crippen molar-refractivity contribution in [2.45, 2.75) is 33.2 Å². The second-order valence-corrected chi connectivity index (χ2v) is 6.79. The first-order chi connectivity index (χ1) is 12.7. The van der Waals surface area contributed by atoms with Crippen LogP contribution >= 0.6 is 0 Å². The van der Waals surface area contributed by atoms with Crippen LogP contribution in [0.15, 0.2) is 36.5 Å². The van der Waals surface area contributed by atoms with Gasteiger partial charge in [0.1, 0.15) is 5.82 Å². The third-order valence-electron chi connectivity index (χ3n) is 5.12. The van der Waals surface area contributed by atoms with E-state index >= 15 is 0 Å². The van der Waals surface area contributed by atoms with Crippen LogP contribution in [0.5, 0.6) is 0 Å². The number of pyridine rings is 1. The molecule has 0 fully saturated rings. The lowest BCUT2D eigenvalue weighted by molar-refractivity contribution is 0.449. The molecule has 0 saturated heterocycles. The molecule has 0 spiro atoms. The highest BCUT2D eigenvalue weighted by Crippen LogP contribution is 2.32. The number of fused-ring (bicyclic) bond motifs is 1. The maximum Gasteiger partial charge on any atom is 0.147 e. The average molecular weight is 351 g/mol. The maximum atomic E-state index is 5.99. The van der Waals surface area contributed by atoms with Gasteiger partial charge in [-0.15, -0.1) is 0 Å². The summed E-state index contributed by atoms with van der Waals surface area (Å²) in [4.78, 5) is 7.65. The largest absolute Gasteiger partial charge is 0.385 e. The van der Waals surface area contributed by atoms with Crippen LogP contribution < -0.4 is 16.4 Å². The van der Waals surface area contributed by atoms with Gasteiger partial charge in [-0.2, -0.15) is 0 Å². The minimum atomic E-state index is 0.509. The molecule has 0 aliphatic carbocycles. The van der Waals surface area contributed by atoms with Crippen LogP contribution in [0.1, 0.15) is 32.3 Å². The number of anilines is 2. The van der Waals surface area contributed by atoms with Crippen molar-refractivity contribution in [3.05, 3.63) is 42.1 Å². The van der Waals surface area contributed by atoms with Crippen molar-refractivity contribution in [3.8, 4) is 11.3 Å². The molecule has 0 saturated carbocycles. The fourth-order valence-corrected chi connectivity index (χ4v) is 3.40. The lowest BCUT2D eigenvalue weighted by Crippen LogP contribution is -2.21. The summed E-state index contributed by atoms with van der Waals surface area (Å²) >= 11 is 0. The number of nitrogen functional groups attached to an aromatic ring is 1. The highest BCUT2D eigenvalue weighted by atomic mass is 14.9. The minimum absolute atomic E-state index is 0.509. The number of nitrogens with one attached hydrogen (secondary N) is 3. The quantitative estimate of drug-likeness (QED) is 0.486. The fourth-order valence-electron chi connectivity index (χ4n) is 3.40. The molecule has 0 bridgehead atoms. The Kier molecular flexibility index (Phi) is 5.78. The van der Waals surface area contributed by atoms with Gasteiger partial charge in [-0.3, -0.25) is 0 Å². The molecule has 0 radical (unpaired) electrons. The number of nitrogens with two attached hydrogens (primary N) is 1. The van der Waals surface area contributed by atoms with E-state index in [1.54, 1.807) is 6.20 Å². The van der Waals surface area contributed by atoms with E-state index in [0.29, 0.717) is 5.82 Å². The maximum absolute atomic E-state index is 5.99. The van der Waals surface area contributed by atoms with Crippen LogP contribution in [-0.4, -0.2) is 23.6 Å². The van der Waals surface area contributed by atoms with Gasteiger partial charge in [-0.25, -0.2) is 4.98 Å². The Morgan fingerprint density at radius 1 is 1.15 bits per heavy atom. The molecule has 2 aromatic heterocycles. The fraction of sp³-hybridized carbons (Fsp3) is 0.381. The molecule has 0 amide bonds. The summed E-state index contributed by atoms with van der Waals surface area (Å²) in [5.41, 5.74) is 11.4. The summed E-state index contributed by atoms with van der Waals surface area (Å²) in [5, 5.41) is 7.95. The third-order valence-corrected chi connectivity index (χ3v) is 5.12. The molecule has 0 unspecified atom stereocenters. The van der Waals surface area contributed by atoms with Crippen molar-refractivity contribution in [1.82, 2.24) is 15.3 Å². The molecule has 5 nitrogen and oxygen atoms in total. The number of H-pyrrole nitrogens is 1. The molecule has 5 N–H and O–H groups in total. The monoisotopic (exact) mass is 351 g/mol. The Morgan fingerprint density at radius 3 is 2.69 bits per heavy atom. The van der Waals surface area contributed by atoms with Crippen molar-refractivity contribution in [1.29, 1.82) is 0 Å². The summed E-state index contributed by atoms with van der Waals surface area (Å²) in [7, 11) is 1.86. The van der Waals surface area contributed by atoms with Gasteiger partial charge in [-0.1, -0.05) is 32.8 Å². The van der Waals surface area contributed by atoms with Gasteiger partial charge >= 0.3 is 0 Å². The zero-order valence-corrected chi connectivity index (χ0v) is 15.9. The molecule has 1 aromatic carbocycles. The Bertz CT molecular complexity index is 864. The van der Waals surface area contributed by atoms with Crippen molar-refractivity contribution < 1.29 is 0 Å². The topological polar surface area (TPSA) is 78.8 Å². The Hall–Kier alpha value is -2.53. The first kappa shape index (κ1) is 18.3. The highest BCUT2D eigenvalue weighted by Gasteiger charge is 2.11. The first-order valence-electron chi connectivity index (χ1n) is 9.41. The number of benzene rings is 1. The normalized spacial score (nSPS) is 11.4. The second kappa shape index (κ2) is 8.23. The molecule has 5 heteroatoms. The number of hydrogen-bond donors (Lipinski definition) is 4. The van der Waals surface area contributed by atoms with Crippen LogP contribution in [-0.2, 0) is 6.54 Å². The van der Waals surface area contributed by atoms with Crippen LogP contribution in [0.3, 0.4) is 0 Å². The van der Waals surface area contributed by atoms with Crippen molar-refractivity contribution >= 4 is 22.4 Å². The molecule has 0 aliphatic heterocycles. The van der Waals surface area contributed by atoms with E-state index in [2.05, 4.69) is 58.7 Å². The zero-order valence-electron chi connectivity index (χ0n) is 15.9. The van der Waals surface area contributed by atoms with Gasteiger partial charge in [0.2, 0.25) is 0 Å². The molecular formula is C21H29N5. The molecule has 138 valence electrons. The molecule has 3 rings (SSSR count). The standard InChI is InChI=1S/C21H29N5/c1-4-14(5-2)12-24-13-15-6-7-18-16(10-15)11-19(26-18)17-8-9-25-21(22)20(17)23-3/h6-11,14,23-24,26H,4-5,12-13H2,1-3H3,(H2,22,25). The smallest absolute Gasteiger partial charge is 0.147 e. The summed E-state index contributed by atoms with van der Waals surface area (Å²) in [6.07, 6.45) is 4.20. The van der Waals surface area contributed by atoms with E-state index in [-0.39, 0.29) is 0 Å². The van der Waals surface area contributed by atoms with Crippen molar-refractivity contribution in [2.75, 3.05) is 24.6 Å². The predicted molar refractivity (Wildman–Crippen MR) is 111 cm³/mol. The van der Waals surface area contributed by atoms with E-state index in [9.17, 15) is 0 Å². The summed E-state index contributed by atoms with van der Waals surface area (Å²) in [6, 6.07) is 10.7. The van der Waals surface area contributed by atoms with E-state index in [1.165, 1.54) is 23.8 Å². The highest BCUT2D eigenvalue weighted by molar-refractivity contribution is 5.91. The lowest BCUT2D eigenvalue weighted by atomic mass is 10.0. The molecule has 0 aliphatic rings. The van der Waals surface area contributed by atoms with Crippen LogP contribution in [0, 0.1) is 5.92 Å². The van der Waals surface area contributed by atoms with Gasteiger partial charge < -0.3 is 21.4 Å². The number of rotatable bonds is 8. The minimum Gasteiger partial charge on any atom is -0.385 e. The van der Waals surface area contributed by atoms with E-state index < -0.39 is 0 Å². The average Bonchev–Trinajstić information content (AvgIpc) is 3.08. The van der Waals surface area contributed by atoms with Crippen LogP contribution in [0.25, 0.3) is 22.2 Å². The third kappa shape index (κ3) is 3.83. The Morgan fingerprint density at radius 2 is 1.96 bits per heavy atom. The zero-order chi connectivity index (χ0) is 18.5. The number of hydrogen-bond acceptors (Lipinski definition) is 4. The molecule has 2 heterocycles. The SMILES string of the molecule is CCC(CC)CNCc1ccc2[nH]c(-c3ccnc(N)c3NC)cc2c1. The van der Waals surface area contributed by atoms with Gasteiger partial charge in [0.15, 0.2) is 0 Å². The van der Waals surface area contributed by atoms with Gasteiger partial charge in [-0.05, 0) is 42.3 Å². The summed E-state index contributed by atoms with van der Waals surface area (Å²) in [5.74, 6) is 1.27. The van der Waals surface area contributed by atoms with Gasteiger partial charge in [0, 0.05) is 41.9 Å². The molecule has 3 aromatic rings. The Labute approximate surface area is 155 Å². The van der Waals surface area contributed by atoms with E-state index in [0.717, 1.165) is 41.5 Å². The lowest BCUT2D eigenvalue weighted by Gasteiger charge is -2.13. The number of aromatic nitrogens is 2. The summed E-state index contributed by atoms with van der Waals surface area (Å²) < 4.78 is 0. The van der Waals surface area contributed by atoms with Crippen molar-refractivity contribution in [2.24, 2.45) is 5.92 Å². The molecule has 0 atom stereocenters. The van der Waals surface area contributed by atoms with Crippen molar-refractivity contribution in [3.63, 3.8) is 0 Å². The van der Waals surface area contributed by atoms with E-state index in [4.69, 9.17) is 5.73 Å². The van der Waals surface area contributed by atoms with Gasteiger partial charge in [0.05, 0.1) is 5.69 Å². The van der Waals surface area contributed by atoms with Crippen LogP contribution in [0.2, 0.25) is 0 Å². The number of aromatic amines is 1. The molecular weight excluding hydrogens is 322 g/mol. The predicted octanol–water partition coefficient (Wildman–Crippen LogP) is 4.38. The van der Waals surface area contributed by atoms with E-state index in [1.807, 2.05) is 13.1 Å². The second-order valence-electron chi connectivity index (χ2n) is 6.79. The first-order valence-corrected chi connectivity index (χ1v) is 9.41. The number of nitrogens with zero attached hydrogens (tertiary/aromatic N) is 1. The molecule has 26 heavy (non-hydrogen) atoms.